The first-order chi connectivity index (χ1) is 14.5. The third-order valence-electron chi connectivity index (χ3n) is 6.04. The lowest BCUT2D eigenvalue weighted by atomic mass is 9.78. The van der Waals surface area contributed by atoms with Gasteiger partial charge in [-0.15, -0.1) is 0 Å². The van der Waals surface area contributed by atoms with Crippen molar-refractivity contribution in [3.63, 3.8) is 0 Å². The zero-order chi connectivity index (χ0) is 21.3. The molecule has 1 fully saturated rings. The second-order valence-corrected chi connectivity index (χ2v) is 8.14. The predicted octanol–water partition coefficient (Wildman–Crippen LogP) is 5.23. The summed E-state index contributed by atoms with van der Waals surface area (Å²) >= 11 is 0. The normalized spacial score (nSPS) is 19.4. The van der Waals surface area contributed by atoms with Crippen LogP contribution in [0.25, 0.3) is 0 Å². The minimum Gasteiger partial charge on any atom is -0.508 e. The number of carbonyl (C=O) groups is 1. The molecule has 0 saturated carbocycles. The van der Waals surface area contributed by atoms with Crippen LogP contribution < -0.4 is 4.90 Å². The number of phenols is 1. The van der Waals surface area contributed by atoms with Gasteiger partial charge in [0.15, 0.2) is 0 Å². The van der Waals surface area contributed by atoms with Crippen molar-refractivity contribution in [3.8, 4) is 5.75 Å². The third-order valence-corrected chi connectivity index (χ3v) is 6.04. The molecule has 3 aromatic carbocycles. The fourth-order valence-corrected chi connectivity index (χ4v) is 4.28. The molecule has 0 spiro atoms. The summed E-state index contributed by atoms with van der Waals surface area (Å²) in [6, 6.07) is 22.7. The van der Waals surface area contributed by atoms with Crippen molar-refractivity contribution in [2.24, 2.45) is 5.92 Å². The molecule has 0 unspecified atom stereocenters. The number of aliphatic hydroxyl groups excluding tert-OH is 1. The number of benzene rings is 3. The molecule has 1 heterocycles. The molecule has 30 heavy (non-hydrogen) atoms. The van der Waals surface area contributed by atoms with E-state index in [1.54, 1.807) is 12.1 Å². The van der Waals surface area contributed by atoms with E-state index in [-0.39, 0.29) is 23.6 Å². The monoisotopic (exact) mass is 401 g/mol. The van der Waals surface area contributed by atoms with Crippen molar-refractivity contribution in [1.29, 1.82) is 0 Å². The van der Waals surface area contributed by atoms with E-state index in [9.17, 15) is 15.0 Å². The van der Waals surface area contributed by atoms with E-state index in [0.29, 0.717) is 12.8 Å². The summed E-state index contributed by atoms with van der Waals surface area (Å²) in [7, 11) is 0. The molecule has 4 heteroatoms. The lowest BCUT2D eigenvalue weighted by Crippen LogP contribution is -2.55. The first kappa shape index (κ1) is 20.2. The second kappa shape index (κ2) is 8.33. The van der Waals surface area contributed by atoms with E-state index < -0.39 is 6.10 Å². The number of anilines is 1. The van der Waals surface area contributed by atoms with Crippen molar-refractivity contribution in [2.75, 3.05) is 4.90 Å². The highest BCUT2D eigenvalue weighted by Gasteiger charge is 2.48. The van der Waals surface area contributed by atoms with Crippen LogP contribution in [0.3, 0.4) is 0 Å². The number of para-hydroxylation sites is 1. The predicted molar refractivity (Wildman–Crippen MR) is 118 cm³/mol. The number of aryl methyl sites for hydroxylation is 2. The lowest BCUT2D eigenvalue weighted by molar-refractivity contribution is -0.131. The molecule has 0 aliphatic carbocycles. The molecule has 0 bridgehead atoms. The maximum absolute atomic E-state index is 13.2. The van der Waals surface area contributed by atoms with Gasteiger partial charge in [0.2, 0.25) is 5.91 Å². The molecule has 3 atom stereocenters. The molecule has 1 aliphatic rings. The van der Waals surface area contributed by atoms with Crippen LogP contribution in [0.15, 0.2) is 72.8 Å². The Morgan fingerprint density at radius 1 is 0.933 bits per heavy atom. The summed E-state index contributed by atoms with van der Waals surface area (Å²) in [4.78, 5) is 15.0. The van der Waals surface area contributed by atoms with Crippen LogP contribution in [0.5, 0.6) is 5.75 Å². The molecular formula is C26H27NO3. The maximum atomic E-state index is 13.2. The number of nitrogens with zero attached hydrogens (tertiary/aromatic N) is 1. The summed E-state index contributed by atoms with van der Waals surface area (Å²) in [5.41, 5.74) is 4.99. The van der Waals surface area contributed by atoms with Crippen molar-refractivity contribution >= 4 is 11.6 Å². The van der Waals surface area contributed by atoms with Crippen molar-refractivity contribution < 1.29 is 15.0 Å². The van der Waals surface area contributed by atoms with Crippen LogP contribution in [0.1, 0.15) is 47.2 Å². The highest BCUT2D eigenvalue weighted by molar-refractivity contribution is 6.03. The standard InChI is InChI=1S/C26H27NO3/c1-17-7-9-19(10-8-17)24(29)16-15-22-25(20-11-13-21(28)14-12-20)27(26(22)30)23-6-4-3-5-18(23)2/h3-14,22,24-25,28-29H,15-16H2,1-2H3/t22-,24+,25-/m1/s1. The Labute approximate surface area is 177 Å². The largest absolute Gasteiger partial charge is 0.508 e. The Morgan fingerprint density at radius 3 is 2.27 bits per heavy atom. The van der Waals surface area contributed by atoms with E-state index in [1.807, 2.05) is 79.4 Å². The van der Waals surface area contributed by atoms with Crippen LogP contribution in [0, 0.1) is 19.8 Å². The fourth-order valence-electron chi connectivity index (χ4n) is 4.28. The Balaban J connectivity index is 1.57. The Morgan fingerprint density at radius 2 is 1.60 bits per heavy atom. The SMILES string of the molecule is Cc1ccc([C@@H](O)CC[C@H]2C(=O)N(c3ccccc3C)[C@@H]2c2ccc(O)cc2)cc1. The third kappa shape index (κ3) is 3.83. The van der Waals surface area contributed by atoms with Gasteiger partial charge in [0.25, 0.3) is 0 Å². The highest BCUT2D eigenvalue weighted by atomic mass is 16.3. The Kier molecular flexibility index (Phi) is 5.60. The van der Waals surface area contributed by atoms with E-state index in [4.69, 9.17) is 0 Å². The molecule has 1 aliphatic heterocycles. The molecule has 1 amide bonds. The number of amides is 1. The zero-order valence-corrected chi connectivity index (χ0v) is 17.3. The number of carbonyl (C=O) groups excluding carboxylic acids is 1. The van der Waals surface area contributed by atoms with Gasteiger partial charge in [-0.3, -0.25) is 4.79 Å². The van der Waals surface area contributed by atoms with Crippen molar-refractivity contribution in [3.05, 3.63) is 95.1 Å². The van der Waals surface area contributed by atoms with Crippen molar-refractivity contribution in [2.45, 2.75) is 38.8 Å². The van der Waals surface area contributed by atoms with Gasteiger partial charge in [-0.05, 0) is 61.6 Å². The van der Waals surface area contributed by atoms with Gasteiger partial charge in [0.1, 0.15) is 5.75 Å². The first-order valence-corrected chi connectivity index (χ1v) is 10.4. The molecule has 154 valence electrons. The fraction of sp³-hybridized carbons (Fsp3) is 0.269. The summed E-state index contributed by atoms with van der Waals surface area (Å²) in [5, 5.41) is 20.3. The summed E-state index contributed by atoms with van der Waals surface area (Å²) < 4.78 is 0. The van der Waals surface area contributed by atoms with E-state index in [0.717, 1.165) is 27.9 Å². The lowest BCUT2D eigenvalue weighted by Gasteiger charge is -2.48. The molecular weight excluding hydrogens is 374 g/mol. The van der Waals surface area contributed by atoms with E-state index >= 15 is 0 Å². The van der Waals surface area contributed by atoms with E-state index in [2.05, 4.69) is 0 Å². The van der Waals surface area contributed by atoms with Crippen LogP contribution in [-0.4, -0.2) is 16.1 Å². The van der Waals surface area contributed by atoms with Gasteiger partial charge in [-0.25, -0.2) is 0 Å². The molecule has 2 N–H and O–H groups in total. The zero-order valence-electron chi connectivity index (χ0n) is 17.3. The quantitative estimate of drug-likeness (QED) is 0.556. The number of hydrogen-bond donors (Lipinski definition) is 2. The van der Waals surface area contributed by atoms with Gasteiger partial charge in [-0.2, -0.15) is 0 Å². The number of phenolic OH excluding ortho intramolecular Hbond substituents is 1. The highest BCUT2D eigenvalue weighted by Crippen LogP contribution is 2.47. The summed E-state index contributed by atoms with van der Waals surface area (Å²) in [6.07, 6.45) is 0.531. The number of aromatic hydroxyl groups is 1. The molecule has 1 saturated heterocycles. The van der Waals surface area contributed by atoms with Crippen molar-refractivity contribution in [1.82, 2.24) is 0 Å². The maximum Gasteiger partial charge on any atom is 0.233 e. The number of rotatable bonds is 6. The summed E-state index contributed by atoms with van der Waals surface area (Å²) in [5.74, 6) is 0.0888. The molecule has 0 radical (unpaired) electrons. The van der Waals surface area contributed by atoms with Gasteiger partial charge in [0.05, 0.1) is 18.1 Å². The smallest absolute Gasteiger partial charge is 0.233 e. The number of β-lactam (4-membered cyclic amide) rings is 1. The van der Waals surface area contributed by atoms with Crippen LogP contribution in [0.2, 0.25) is 0 Å². The Hall–Kier alpha value is -3.11. The van der Waals surface area contributed by atoms with Crippen LogP contribution in [-0.2, 0) is 4.79 Å². The summed E-state index contributed by atoms with van der Waals surface area (Å²) in [6.45, 7) is 4.02. The second-order valence-electron chi connectivity index (χ2n) is 8.14. The van der Waals surface area contributed by atoms with Crippen LogP contribution >= 0.6 is 0 Å². The van der Waals surface area contributed by atoms with E-state index in [1.165, 1.54) is 0 Å². The average Bonchev–Trinajstić information content (AvgIpc) is 2.74. The van der Waals surface area contributed by atoms with Gasteiger partial charge in [0, 0.05) is 5.69 Å². The van der Waals surface area contributed by atoms with Gasteiger partial charge in [-0.1, -0.05) is 60.2 Å². The molecule has 4 nitrogen and oxygen atoms in total. The number of hydrogen-bond acceptors (Lipinski definition) is 3. The minimum atomic E-state index is -0.591. The minimum absolute atomic E-state index is 0.0819. The molecule has 4 rings (SSSR count). The van der Waals surface area contributed by atoms with Gasteiger partial charge >= 0.3 is 0 Å². The van der Waals surface area contributed by atoms with Gasteiger partial charge < -0.3 is 15.1 Å². The first-order valence-electron chi connectivity index (χ1n) is 10.4. The molecule has 3 aromatic rings. The Bertz CT molecular complexity index is 1030. The topological polar surface area (TPSA) is 60.8 Å². The number of aliphatic hydroxyl groups is 1. The van der Waals surface area contributed by atoms with Crippen LogP contribution in [0.4, 0.5) is 5.69 Å². The molecule has 0 aromatic heterocycles. The average molecular weight is 402 g/mol.